The molecule has 0 spiro atoms. The van der Waals surface area contributed by atoms with E-state index in [-0.39, 0.29) is 0 Å². The number of halogens is 1. The van der Waals surface area contributed by atoms with Crippen molar-refractivity contribution in [3.63, 3.8) is 0 Å². The third-order valence-corrected chi connectivity index (χ3v) is 3.99. The van der Waals surface area contributed by atoms with Crippen molar-refractivity contribution in [2.45, 2.75) is 31.2 Å². The van der Waals surface area contributed by atoms with Gasteiger partial charge < -0.3 is 15.8 Å². The molecule has 3 nitrogen and oxygen atoms in total. The zero-order valence-electron chi connectivity index (χ0n) is 10.8. The lowest BCUT2D eigenvalue weighted by Crippen LogP contribution is -2.41. The van der Waals surface area contributed by atoms with Gasteiger partial charge in [-0.1, -0.05) is 24.1 Å². The topological polar surface area (TPSA) is 47.3 Å². The molecule has 1 aromatic carbocycles. The lowest BCUT2D eigenvalue weighted by Gasteiger charge is -2.31. The Morgan fingerprint density at radius 2 is 2.33 bits per heavy atom. The molecule has 2 unspecified atom stereocenters. The van der Waals surface area contributed by atoms with Crippen LogP contribution in [0.25, 0.3) is 0 Å². The van der Waals surface area contributed by atoms with Crippen molar-refractivity contribution in [1.82, 2.24) is 5.32 Å². The van der Waals surface area contributed by atoms with Gasteiger partial charge in [0.15, 0.2) is 0 Å². The highest BCUT2D eigenvalue weighted by Crippen LogP contribution is 2.31. The molecule has 1 heterocycles. The summed E-state index contributed by atoms with van der Waals surface area (Å²) in [5, 5.41) is 4.22. The molecule has 2 rings (SSSR count). The second-order valence-corrected chi connectivity index (χ2v) is 5.20. The van der Waals surface area contributed by atoms with Gasteiger partial charge in [-0.05, 0) is 37.1 Å². The molecule has 1 aromatic rings. The van der Waals surface area contributed by atoms with E-state index in [2.05, 4.69) is 11.4 Å². The summed E-state index contributed by atoms with van der Waals surface area (Å²) in [5.41, 5.74) is 7.14. The van der Waals surface area contributed by atoms with Crippen molar-refractivity contribution in [2.24, 2.45) is 5.73 Å². The maximum atomic E-state index is 6.18. The van der Waals surface area contributed by atoms with Crippen LogP contribution in [0.4, 0.5) is 0 Å². The molecule has 3 N–H and O–H groups in total. The number of nitrogens with two attached hydrogens (primary N) is 1. The molecule has 1 aliphatic rings. The summed E-state index contributed by atoms with van der Waals surface area (Å²) in [6, 6.07) is 6.43. The van der Waals surface area contributed by atoms with Crippen LogP contribution >= 0.6 is 11.6 Å². The van der Waals surface area contributed by atoms with Gasteiger partial charge in [0, 0.05) is 18.5 Å². The van der Waals surface area contributed by atoms with Crippen molar-refractivity contribution < 1.29 is 4.74 Å². The van der Waals surface area contributed by atoms with Crippen LogP contribution in [-0.4, -0.2) is 26.2 Å². The van der Waals surface area contributed by atoms with Crippen molar-refractivity contribution >= 4 is 11.6 Å². The van der Waals surface area contributed by atoms with Gasteiger partial charge in [-0.15, -0.1) is 0 Å². The van der Waals surface area contributed by atoms with Gasteiger partial charge in [0.2, 0.25) is 0 Å². The monoisotopic (exact) mass is 268 g/mol. The van der Waals surface area contributed by atoms with E-state index in [1.807, 2.05) is 12.1 Å². The smallest absolute Gasteiger partial charge is 0.137 e. The summed E-state index contributed by atoms with van der Waals surface area (Å²) in [5.74, 6) is 1.04. The van der Waals surface area contributed by atoms with E-state index in [9.17, 15) is 0 Å². The zero-order chi connectivity index (χ0) is 13.0. The van der Waals surface area contributed by atoms with Gasteiger partial charge >= 0.3 is 0 Å². The number of ether oxygens (including phenoxy) is 1. The van der Waals surface area contributed by atoms with Crippen LogP contribution in [0.5, 0.6) is 5.75 Å². The number of methoxy groups -OCH3 is 1. The van der Waals surface area contributed by atoms with Crippen molar-refractivity contribution in [3.8, 4) is 5.75 Å². The molecule has 4 heteroatoms. The third kappa shape index (κ3) is 2.97. The van der Waals surface area contributed by atoms with Gasteiger partial charge in [0.1, 0.15) is 5.75 Å². The predicted octanol–water partition coefficient (Wildman–Crippen LogP) is 2.53. The fourth-order valence-electron chi connectivity index (χ4n) is 2.67. The summed E-state index contributed by atoms with van der Waals surface area (Å²) in [7, 11) is 1.63. The first-order chi connectivity index (χ1) is 8.76. The van der Waals surface area contributed by atoms with Crippen LogP contribution < -0.4 is 15.8 Å². The molecule has 0 aromatic heterocycles. The lowest BCUT2D eigenvalue weighted by molar-refractivity contribution is 0.352. The van der Waals surface area contributed by atoms with Crippen LogP contribution in [0.3, 0.4) is 0 Å². The molecule has 0 aliphatic carbocycles. The molecule has 0 bridgehead atoms. The Kier molecular flexibility index (Phi) is 4.87. The minimum absolute atomic E-state index is 0.328. The Morgan fingerprint density at radius 3 is 2.89 bits per heavy atom. The number of rotatable bonds is 4. The van der Waals surface area contributed by atoms with Gasteiger partial charge in [-0.3, -0.25) is 0 Å². The second kappa shape index (κ2) is 6.41. The van der Waals surface area contributed by atoms with Crippen LogP contribution in [-0.2, 0) is 0 Å². The number of piperidine rings is 1. The highest BCUT2D eigenvalue weighted by atomic mass is 35.5. The summed E-state index contributed by atoms with van der Waals surface area (Å²) < 4.78 is 5.18. The van der Waals surface area contributed by atoms with E-state index in [1.165, 1.54) is 24.8 Å². The Bertz CT molecular complexity index is 391. The first-order valence-electron chi connectivity index (χ1n) is 6.53. The molecule has 0 radical (unpaired) electrons. The van der Waals surface area contributed by atoms with Crippen LogP contribution in [0.15, 0.2) is 18.2 Å². The average molecular weight is 269 g/mol. The molecule has 2 atom stereocenters. The first-order valence-corrected chi connectivity index (χ1v) is 6.91. The van der Waals surface area contributed by atoms with Crippen molar-refractivity contribution in [1.29, 1.82) is 0 Å². The Morgan fingerprint density at radius 1 is 1.50 bits per heavy atom. The average Bonchev–Trinajstić information content (AvgIpc) is 2.41. The van der Waals surface area contributed by atoms with E-state index in [1.54, 1.807) is 7.11 Å². The van der Waals surface area contributed by atoms with Gasteiger partial charge in [0.25, 0.3) is 0 Å². The van der Waals surface area contributed by atoms with E-state index in [4.69, 9.17) is 22.1 Å². The fourth-order valence-corrected chi connectivity index (χ4v) is 2.93. The van der Waals surface area contributed by atoms with Crippen molar-refractivity contribution in [2.75, 3.05) is 20.2 Å². The molecule has 0 saturated carbocycles. The SMILES string of the molecule is COc1ccc(C(CN)C2CCCCN2)cc1Cl. The van der Waals surface area contributed by atoms with E-state index in [0.29, 0.717) is 29.3 Å². The van der Waals surface area contributed by atoms with Gasteiger partial charge in [-0.25, -0.2) is 0 Å². The minimum Gasteiger partial charge on any atom is -0.495 e. The summed E-state index contributed by atoms with van der Waals surface area (Å²) in [6.45, 7) is 1.73. The predicted molar refractivity (Wildman–Crippen MR) is 75.4 cm³/mol. The van der Waals surface area contributed by atoms with Gasteiger partial charge in [-0.2, -0.15) is 0 Å². The largest absolute Gasteiger partial charge is 0.495 e. The Labute approximate surface area is 114 Å². The van der Waals surface area contributed by atoms with E-state index >= 15 is 0 Å². The minimum atomic E-state index is 0.328. The Balaban J connectivity index is 2.18. The van der Waals surface area contributed by atoms with Crippen LogP contribution in [0.2, 0.25) is 5.02 Å². The third-order valence-electron chi connectivity index (χ3n) is 3.69. The van der Waals surface area contributed by atoms with Crippen LogP contribution in [0.1, 0.15) is 30.7 Å². The van der Waals surface area contributed by atoms with Gasteiger partial charge in [0.05, 0.1) is 12.1 Å². The first kappa shape index (κ1) is 13.7. The molecule has 18 heavy (non-hydrogen) atoms. The van der Waals surface area contributed by atoms with E-state index < -0.39 is 0 Å². The standard InChI is InChI=1S/C14H21ClN2O/c1-18-14-6-5-10(8-12(14)15)11(9-16)13-4-2-3-7-17-13/h5-6,8,11,13,17H,2-4,7,9,16H2,1H3. The zero-order valence-corrected chi connectivity index (χ0v) is 11.5. The molecule has 100 valence electrons. The molecule has 1 saturated heterocycles. The molecule has 1 aliphatic heterocycles. The number of nitrogens with one attached hydrogen (secondary N) is 1. The number of benzene rings is 1. The van der Waals surface area contributed by atoms with E-state index in [0.717, 1.165) is 6.54 Å². The maximum Gasteiger partial charge on any atom is 0.137 e. The Hall–Kier alpha value is -0.770. The van der Waals surface area contributed by atoms with Crippen LogP contribution in [0, 0.1) is 0 Å². The number of hydrogen-bond donors (Lipinski definition) is 2. The highest BCUT2D eigenvalue weighted by molar-refractivity contribution is 6.32. The second-order valence-electron chi connectivity index (χ2n) is 4.79. The molecular formula is C14H21ClN2O. The lowest BCUT2D eigenvalue weighted by atomic mass is 9.86. The maximum absolute atomic E-state index is 6.18. The quantitative estimate of drug-likeness (QED) is 0.882. The molecule has 0 amide bonds. The summed E-state index contributed by atoms with van der Waals surface area (Å²) in [4.78, 5) is 0. The number of hydrogen-bond acceptors (Lipinski definition) is 3. The summed E-state index contributed by atoms with van der Waals surface area (Å²) in [6.07, 6.45) is 3.72. The molecule has 1 fully saturated rings. The van der Waals surface area contributed by atoms with Crippen molar-refractivity contribution in [3.05, 3.63) is 28.8 Å². The summed E-state index contributed by atoms with van der Waals surface area (Å²) >= 11 is 6.18. The normalized spacial score (nSPS) is 21.6. The highest BCUT2D eigenvalue weighted by Gasteiger charge is 2.24. The fraction of sp³-hybridized carbons (Fsp3) is 0.571. The molecular weight excluding hydrogens is 248 g/mol.